The fraction of sp³-hybridized carbons (Fsp3) is 0.500. The van der Waals surface area contributed by atoms with E-state index in [-0.39, 0.29) is 12.3 Å². The molecular weight excluding hydrogens is 266 g/mol. The molecule has 0 aliphatic carbocycles. The number of carbonyl (C=O) groups is 1. The zero-order valence-corrected chi connectivity index (χ0v) is 12.0. The molecule has 0 saturated heterocycles. The third-order valence-corrected chi connectivity index (χ3v) is 3.36. The van der Waals surface area contributed by atoms with E-state index in [2.05, 4.69) is 5.32 Å². The molecule has 0 fully saturated rings. The predicted molar refractivity (Wildman–Crippen MR) is 74.7 cm³/mol. The Morgan fingerprint density at radius 3 is 2.84 bits per heavy atom. The van der Waals surface area contributed by atoms with Gasteiger partial charge in [-0.25, -0.2) is 0 Å². The van der Waals surface area contributed by atoms with Crippen LogP contribution in [0.2, 0.25) is 5.02 Å². The van der Waals surface area contributed by atoms with Gasteiger partial charge >= 0.3 is 0 Å². The van der Waals surface area contributed by atoms with E-state index in [9.17, 15) is 4.79 Å². The second-order valence-electron chi connectivity index (χ2n) is 4.40. The number of ketones is 1. The molecule has 0 bridgehead atoms. The molecule has 104 valence electrons. The summed E-state index contributed by atoms with van der Waals surface area (Å²) < 4.78 is 11.4. The number of carbonyl (C=O) groups excluding carboxylic acids is 1. The van der Waals surface area contributed by atoms with Crippen molar-refractivity contribution in [3.8, 4) is 11.5 Å². The summed E-state index contributed by atoms with van der Waals surface area (Å²) in [5.41, 5.74) is 1.38. The molecule has 0 aromatic heterocycles. The number of hydrogen-bond donors (Lipinski definition) is 1. The summed E-state index contributed by atoms with van der Waals surface area (Å²) in [4.78, 5) is 12.2. The smallest absolute Gasteiger partial charge is 0.178 e. The highest BCUT2D eigenvalue weighted by Gasteiger charge is 2.23. The van der Waals surface area contributed by atoms with Crippen LogP contribution in [-0.4, -0.2) is 32.6 Å². The van der Waals surface area contributed by atoms with Crippen LogP contribution in [-0.2, 0) is 6.42 Å². The van der Waals surface area contributed by atoms with Crippen molar-refractivity contribution in [1.29, 1.82) is 0 Å². The molecule has 1 heterocycles. The zero-order valence-electron chi connectivity index (χ0n) is 11.2. The first kappa shape index (κ1) is 14.2. The van der Waals surface area contributed by atoms with Crippen LogP contribution in [0, 0.1) is 0 Å². The maximum absolute atomic E-state index is 12.2. The Morgan fingerprint density at radius 1 is 1.42 bits per heavy atom. The second kappa shape index (κ2) is 6.26. The Labute approximate surface area is 118 Å². The van der Waals surface area contributed by atoms with Gasteiger partial charge in [0, 0.05) is 23.6 Å². The molecule has 0 unspecified atom stereocenters. The van der Waals surface area contributed by atoms with Crippen molar-refractivity contribution < 1.29 is 14.3 Å². The van der Waals surface area contributed by atoms with Gasteiger partial charge in [0.2, 0.25) is 0 Å². The lowest BCUT2D eigenvalue weighted by Gasteiger charge is -2.16. The van der Waals surface area contributed by atoms with Crippen molar-refractivity contribution >= 4 is 17.4 Å². The summed E-state index contributed by atoms with van der Waals surface area (Å²) in [5, 5.41) is 3.29. The van der Waals surface area contributed by atoms with E-state index < -0.39 is 0 Å². The van der Waals surface area contributed by atoms with Crippen LogP contribution in [0.5, 0.6) is 11.5 Å². The van der Waals surface area contributed by atoms with Crippen molar-refractivity contribution in [2.75, 3.05) is 26.8 Å². The number of likely N-dealkylation sites (N-methyl/N-ethyl adjacent to an activating group) is 1. The van der Waals surface area contributed by atoms with Crippen molar-refractivity contribution in [3.05, 3.63) is 22.2 Å². The lowest BCUT2D eigenvalue weighted by Crippen LogP contribution is -2.20. The van der Waals surface area contributed by atoms with Gasteiger partial charge in [-0.2, -0.15) is 0 Å². The molecule has 5 heteroatoms. The monoisotopic (exact) mass is 283 g/mol. The number of hydrogen-bond acceptors (Lipinski definition) is 4. The Hall–Kier alpha value is -1.26. The molecule has 0 spiro atoms. The number of rotatable bonds is 4. The van der Waals surface area contributed by atoms with Crippen LogP contribution in [0.1, 0.15) is 29.3 Å². The molecule has 1 aromatic carbocycles. The molecule has 19 heavy (non-hydrogen) atoms. The first-order valence-corrected chi connectivity index (χ1v) is 6.85. The Balaban J connectivity index is 2.54. The molecule has 0 atom stereocenters. The Morgan fingerprint density at radius 2 is 2.16 bits per heavy atom. The van der Waals surface area contributed by atoms with E-state index in [0.717, 1.165) is 12.0 Å². The summed E-state index contributed by atoms with van der Waals surface area (Å²) >= 11 is 6.24. The van der Waals surface area contributed by atoms with Gasteiger partial charge in [-0.3, -0.25) is 4.79 Å². The normalized spacial score (nSPS) is 14.1. The molecule has 1 N–H and O–H groups in total. The fourth-order valence-corrected chi connectivity index (χ4v) is 2.55. The van der Waals surface area contributed by atoms with E-state index in [1.165, 1.54) is 0 Å². The van der Waals surface area contributed by atoms with Gasteiger partial charge in [0.25, 0.3) is 0 Å². The maximum atomic E-state index is 12.2. The number of benzene rings is 1. The predicted octanol–water partition coefficient (Wildman–Crippen LogP) is 2.47. The minimum atomic E-state index is -0.0278. The van der Waals surface area contributed by atoms with Crippen LogP contribution in [0.3, 0.4) is 0 Å². The summed E-state index contributed by atoms with van der Waals surface area (Å²) in [5.74, 6) is 1.28. The second-order valence-corrected chi connectivity index (χ2v) is 4.80. The van der Waals surface area contributed by atoms with E-state index >= 15 is 0 Å². The number of halogens is 1. The van der Waals surface area contributed by atoms with Crippen LogP contribution in [0.4, 0.5) is 0 Å². The molecule has 2 rings (SSSR count). The lowest BCUT2D eigenvalue weighted by molar-refractivity contribution is 0.0992. The van der Waals surface area contributed by atoms with Gasteiger partial charge in [0.1, 0.15) is 0 Å². The van der Waals surface area contributed by atoms with Gasteiger partial charge in [0.05, 0.1) is 24.8 Å². The average molecular weight is 284 g/mol. The van der Waals surface area contributed by atoms with Gasteiger partial charge in [0.15, 0.2) is 17.3 Å². The van der Waals surface area contributed by atoms with E-state index in [4.69, 9.17) is 21.1 Å². The van der Waals surface area contributed by atoms with Crippen LogP contribution in [0.15, 0.2) is 6.07 Å². The minimum Gasteiger partial charge on any atom is -0.489 e. The molecule has 0 saturated carbocycles. The summed E-state index contributed by atoms with van der Waals surface area (Å²) in [6.07, 6.45) is 1.51. The number of nitrogens with one attached hydrogen (secondary N) is 1. The highest BCUT2D eigenvalue weighted by molar-refractivity contribution is 6.34. The van der Waals surface area contributed by atoms with Crippen molar-refractivity contribution in [1.82, 2.24) is 5.32 Å². The lowest BCUT2D eigenvalue weighted by atomic mass is 9.99. The van der Waals surface area contributed by atoms with Crippen LogP contribution >= 0.6 is 11.6 Å². The average Bonchev–Trinajstić information content (AvgIpc) is 2.62. The topological polar surface area (TPSA) is 47.6 Å². The van der Waals surface area contributed by atoms with Crippen LogP contribution < -0.4 is 14.8 Å². The number of Topliss-reactive ketones (excluding diaryl/α,β-unsaturated/α-hetero) is 1. The SMILES string of the molecule is CCc1c2c(cc(Cl)c1C(=O)CNC)OCCCO2. The third kappa shape index (κ3) is 2.85. The highest BCUT2D eigenvalue weighted by atomic mass is 35.5. The van der Waals surface area contributed by atoms with Crippen molar-refractivity contribution in [2.24, 2.45) is 0 Å². The molecule has 0 radical (unpaired) electrons. The molecule has 1 aliphatic rings. The summed E-state index contributed by atoms with van der Waals surface area (Å²) in [6, 6.07) is 1.68. The molecule has 1 aromatic rings. The van der Waals surface area contributed by atoms with Gasteiger partial charge < -0.3 is 14.8 Å². The van der Waals surface area contributed by atoms with Gasteiger partial charge in [-0.05, 0) is 13.5 Å². The zero-order chi connectivity index (χ0) is 13.8. The fourth-order valence-electron chi connectivity index (χ4n) is 2.23. The summed E-state index contributed by atoms with van der Waals surface area (Å²) in [6.45, 7) is 3.44. The Bertz CT molecular complexity index is 488. The van der Waals surface area contributed by atoms with E-state index in [1.54, 1.807) is 13.1 Å². The quantitative estimate of drug-likeness (QED) is 0.863. The van der Waals surface area contributed by atoms with Gasteiger partial charge in [-0.1, -0.05) is 18.5 Å². The maximum Gasteiger partial charge on any atom is 0.178 e. The molecule has 1 aliphatic heterocycles. The third-order valence-electron chi connectivity index (χ3n) is 3.06. The van der Waals surface area contributed by atoms with E-state index in [1.807, 2.05) is 6.92 Å². The Kier molecular flexibility index (Phi) is 4.66. The molecule has 4 nitrogen and oxygen atoms in total. The minimum absolute atomic E-state index is 0.0278. The van der Waals surface area contributed by atoms with Gasteiger partial charge in [-0.15, -0.1) is 0 Å². The summed E-state index contributed by atoms with van der Waals surface area (Å²) in [7, 11) is 1.74. The largest absolute Gasteiger partial charge is 0.489 e. The van der Waals surface area contributed by atoms with Crippen molar-refractivity contribution in [2.45, 2.75) is 19.8 Å². The molecular formula is C14H18ClNO3. The highest BCUT2D eigenvalue weighted by Crippen LogP contribution is 2.40. The van der Waals surface area contributed by atoms with E-state index in [0.29, 0.717) is 41.7 Å². The number of fused-ring (bicyclic) bond motifs is 1. The first-order chi connectivity index (χ1) is 9.19. The van der Waals surface area contributed by atoms with Crippen molar-refractivity contribution in [3.63, 3.8) is 0 Å². The van der Waals surface area contributed by atoms with Crippen LogP contribution in [0.25, 0.3) is 0 Å². The molecule has 0 amide bonds. The first-order valence-electron chi connectivity index (χ1n) is 6.47. The number of ether oxygens (including phenoxy) is 2. The standard InChI is InChI=1S/C14H18ClNO3/c1-3-9-13(11(17)8-16-2)10(15)7-12-14(9)19-6-4-5-18-12/h7,16H,3-6,8H2,1-2H3.